The molecule has 1 atom stereocenters. The van der Waals surface area contributed by atoms with E-state index in [0.29, 0.717) is 6.54 Å². The lowest BCUT2D eigenvalue weighted by molar-refractivity contribution is -0.678. The second-order valence-electron chi connectivity index (χ2n) is 6.55. The molecule has 132 valence electrons. The Morgan fingerprint density at radius 3 is 2.76 bits per heavy atom. The zero-order valence-electron chi connectivity index (χ0n) is 14.6. The molecule has 0 spiro atoms. The van der Waals surface area contributed by atoms with Crippen LogP contribution >= 0.6 is 0 Å². The molecule has 0 bridgehead atoms. The Hall–Kier alpha value is -2.33. The van der Waals surface area contributed by atoms with E-state index < -0.39 is 0 Å². The molecule has 0 fully saturated rings. The lowest BCUT2D eigenvalue weighted by Gasteiger charge is -2.15. The van der Waals surface area contributed by atoms with Gasteiger partial charge in [-0.3, -0.25) is 4.79 Å². The number of allylic oxidation sites excluding steroid dienone is 1. The normalized spacial score (nSPS) is 15.4. The van der Waals surface area contributed by atoms with E-state index in [0.717, 1.165) is 24.3 Å². The third kappa shape index (κ3) is 5.33. The number of hydrogen-bond donors (Lipinski definition) is 2. The van der Waals surface area contributed by atoms with Crippen molar-refractivity contribution < 1.29 is 14.5 Å². The van der Waals surface area contributed by atoms with Crippen LogP contribution in [0.2, 0.25) is 0 Å². The summed E-state index contributed by atoms with van der Waals surface area (Å²) in [6, 6.07) is 14.0. The van der Waals surface area contributed by atoms with Crippen molar-refractivity contribution in [2.75, 3.05) is 13.1 Å². The molecule has 0 radical (unpaired) electrons. The molecule has 0 saturated heterocycles. The number of nitrogens with one attached hydrogen (secondary N) is 1. The van der Waals surface area contributed by atoms with Gasteiger partial charge in [0.1, 0.15) is 0 Å². The Morgan fingerprint density at radius 1 is 1.16 bits per heavy atom. The molecule has 0 aliphatic heterocycles. The van der Waals surface area contributed by atoms with Gasteiger partial charge in [0.25, 0.3) is 5.91 Å². The zero-order chi connectivity index (χ0) is 17.3. The SMILES string of the molecule is O=C(C[NH2+][C@@H](c1ccccc1)c1ccco1)NCCC1=CCCCC1. The first-order chi connectivity index (χ1) is 12.3. The number of amides is 1. The molecule has 1 heterocycles. The first-order valence-electron chi connectivity index (χ1n) is 9.19. The largest absolute Gasteiger partial charge is 0.463 e. The molecule has 1 aliphatic rings. The number of quaternary nitrogens is 1. The van der Waals surface area contributed by atoms with Crippen LogP contribution in [0.25, 0.3) is 0 Å². The second-order valence-corrected chi connectivity index (χ2v) is 6.55. The van der Waals surface area contributed by atoms with Crippen LogP contribution in [0.5, 0.6) is 0 Å². The highest BCUT2D eigenvalue weighted by Gasteiger charge is 2.21. The predicted octanol–water partition coefficient (Wildman–Crippen LogP) is 2.94. The molecular formula is C21H27N2O2+. The molecule has 1 aliphatic carbocycles. The zero-order valence-corrected chi connectivity index (χ0v) is 14.6. The van der Waals surface area contributed by atoms with Gasteiger partial charge in [0.2, 0.25) is 0 Å². The van der Waals surface area contributed by atoms with E-state index in [9.17, 15) is 4.79 Å². The number of carbonyl (C=O) groups excluding carboxylic acids is 1. The van der Waals surface area contributed by atoms with Crippen molar-refractivity contribution in [3.8, 4) is 0 Å². The van der Waals surface area contributed by atoms with Gasteiger partial charge in [-0.25, -0.2) is 0 Å². The number of furan rings is 1. The molecule has 4 nitrogen and oxygen atoms in total. The second kappa shape index (κ2) is 9.23. The van der Waals surface area contributed by atoms with Gasteiger partial charge in [-0.15, -0.1) is 0 Å². The minimum Gasteiger partial charge on any atom is -0.463 e. The Labute approximate surface area is 149 Å². The van der Waals surface area contributed by atoms with Gasteiger partial charge in [0.15, 0.2) is 18.3 Å². The maximum absolute atomic E-state index is 12.2. The minimum absolute atomic E-state index is 0.00278. The van der Waals surface area contributed by atoms with Crippen LogP contribution in [0.3, 0.4) is 0 Å². The summed E-state index contributed by atoms with van der Waals surface area (Å²) in [4.78, 5) is 12.2. The minimum atomic E-state index is 0.00278. The fourth-order valence-electron chi connectivity index (χ4n) is 3.34. The molecule has 1 amide bonds. The Kier molecular flexibility index (Phi) is 6.46. The fraction of sp³-hybridized carbons (Fsp3) is 0.381. The average molecular weight is 339 g/mol. The van der Waals surface area contributed by atoms with Gasteiger partial charge in [-0.05, 0) is 44.2 Å². The van der Waals surface area contributed by atoms with Gasteiger partial charge in [-0.2, -0.15) is 0 Å². The molecule has 3 rings (SSSR count). The number of carbonyl (C=O) groups is 1. The van der Waals surface area contributed by atoms with E-state index in [1.54, 1.807) is 6.26 Å². The van der Waals surface area contributed by atoms with Crippen LogP contribution < -0.4 is 10.6 Å². The van der Waals surface area contributed by atoms with Crippen molar-refractivity contribution in [2.24, 2.45) is 0 Å². The summed E-state index contributed by atoms with van der Waals surface area (Å²) in [6.45, 7) is 1.12. The quantitative estimate of drug-likeness (QED) is 0.727. The van der Waals surface area contributed by atoms with Crippen molar-refractivity contribution in [1.82, 2.24) is 5.32 Å². The highest BCUT2D eigenvalue weighted by atomic mass is 16.3. The fourth-order valence-corrected chi connectivity index (χ4v) is 3.34. The van der Waals surface area contributed by atoms with E-state index in [4.69, 9.17) is 4.42 Å². The molecule has 1 aromatic carbocycles. The molecule has 2 aromatic rings. The van der Waals surface area contributed by atoms with E-state index >= 15 is 0 Å². The molecule has 1 aromatic heterocycles. The van der Waals surface area contributed by atoms with Crippen LogP contribution in [-0.4, -0.2) is 19.0 Å². The van der Waals surface area contributed by atoms with Gasteiger partial charge in [-0.1, -0.05) is 42.0 Å². The summed E-state index contributed by atoms with van der Waals surface area (Å²) in [5.74, 6) is 0.940. The van der Waals surface area contributed by atoms with Crippen molar-refractivity contribution in [2.45, 2.75) is 38.1 Å². The van der Waals surface area contributed by atoms with Crippen molar-refractivity contribution in [3.05, 3.63) is 71.7 Å². The summed E-state index contributed by atoms with van der Waals surface area (Å²) < 4.78 is 5.57. The van der Waals surface area contributed by atoms with E-state index in [2.05, 4.69) is 23.5 Å². The number of benzene rings is 1. The predicted molar refractivity (Wildman–Crippen MR) is 98.0 cm³/mol. The Morgan fingerprint density at radius 2 is 2.04 bits per heavy atom. The van der Waals surface area contributed by atoms with Crippen LogP contribution in [0.15, 0.2) is 64.8 Å². The summed E-state index contributed by atoms with van der Waals surface area (Å²) in [6.07, 6.45) is 9.97. The van der Waals surface area contributed by atoms with Crippen LogP contribution in [0, 0.1) is 0 Å². The topological polar surface area (TPSA) is 58.9 Å². The first kappa shape index (κ1) is 17.5. The summed E-state index contributed by atoms with van der Waals surface area (Å²) >= 11 is 0. The molecule has 0 saturated carbocycles. The lowest BCUT2D eigenvalue weighted by atomic mass is 9.97. The average Bonchev–Trinajstić information content (AvgIpc) is 3.18. The van der Waals surface area contributed by atoms with Crippen molar-refractivity contribution >= 4 is 5.91 Å². The first-order valence-corrected chi connectivity index (χ1v) is 9.19. The molecule has 3 N–H and O–H groups in total. The number of hydrogen-bond acceptors (Lipinski definition) is 2. The Balaban J connectivity index is 1.49. The lowest BCUT2D eigenvalue weighted by Crippen LogP contribution is -2.87. The third-order valence-corrected chi connectivity index (χ3v) is 4.70. The van der Waals surface area contributed by atoms with Gasteiger partial charge < -0.3 is 15.1 Å². The monoisotopic (exact) mass is 339 g/mol. The van der Waals surface area contributed by atoms with E-state index in [1.807, 2.05) is 35.6 Å². The van der Waals surface area contributed by atoms with Crippen molar-refractivity contribution in [1.29, 1.82) is 0 Å². The molecular weight excluding hydrogens is 312 g/mol. The van der Waals surface area contributed by atoms with Gasteiger partial charge >= 0.3 is 0 Å². The smallest absolute Gasteiger partial charge is 0.275 e. The van der Waals surface area contributed by atoms with Crippen LogP contribution in [-0.2, 0) is 4.79 Å². The highest BCUT2D eigenvalue weighted by Crippen LogP contribution is 2.19. The molecule has 25 heavy (non-hydrogen) atoms. The number of rotatable bonds is 8. The van der Waals surface area contributed by atoms with Gasteiger partial charge in [0.05, 0.1) is 6.26 Å². The summed E-state index contributed by atoms with van der Waals surface area (Å²) in [5, 5.41) is 5.07. The van der Waals surface area contributed by atoms with Gasteiger partial charge in [0, 0.05) is 12.1 Å². The third-order valence-electron chi connectivity index (χ3n) is 4.70. The summed E-state index contributed by atoms with van der Waals surface area (Å²) in [7, 11) is 0. The van der Waals surface area contributed by atoms with Crippen LogP contribution in [0.1, 0.15) is 49.5 Å². The maximum atomic E-state index is 12.2. The standard InChI is InChI=1S/C21H26N2O2/c24-20(22-14-13-17-8-3-1-4-9-17)16-23-21(19-12-7-15-25-19)18-10-5-2-6-11-18/h2,5-8,10-12,15,21,23H,1,3-4,9,13-14,16H2,(H,22,24)/p+1/t21-/m0/s1. The maximum Gasteiger partial charge on any atom is 0.275 e. The molecule has 0 unspecified atom stereocenters. The van der Waals surface area contributed by atoms with E-state index in [-0.39, 0.29) is 11.9 Å². The highest BCUT2D eigenvalue weighted by molar-refractivity contribution is 5.76. The van der Waals surface area contributed by atoms with Crippen molar-refractivity contribution in [3.63, 3.8) is 0 Å². The summed E-state index contributed by atoms with van der Waals surface area (Å²) in [5.41, 5.74) is 2.63. The van der Waals surface area contributed by atoms with Crippen LogP contribution in [0.4, 0.5) is 0 Å². The molecule has 4 heteroatoms. The Bertz CT molecular complexity index is 677. The van der Waals surface area contributed by atoms with E-state index in [1.165, 1.54) is 31.3 Å². The number of nitrogens with two attached hydrogens (primary N) is 1.